The summed E-state index contributed by atoms with van der Waals surface area (Å²) < 4.78 is 39.6. The predicted molar refractivity (Wildman–Crippen MR) is 65.6 cm³/mol. The van der Waals surface area contributed by atoms with E-state index in [1.165, 1.54) is 12.1 Å². The number of nitrogens with two attached hydrogens (primary N) is 1. The number of anilines is 2. The van der Waals surface area contributed by atoms with Crippen molar-refractivity contribution in [2.24, 2.45) is 0 Å². The van der Waals surface area contributed by atoms with Crippen molar-refractivity contribution in [3.05, 3.63) is 24.0 Å². The maximum absolute atomic E-state index is 13.4. The van der Waals surface area contributed by atoms with Gasteiger partial charge in [-0.3, -0.25) is 4.72 Å². The molecule has 2 rings (SSSR count). The zero-order valence-corrected chi connectivity index (χ0v) is 10.1. The van der Waals surface area contributed by atoms with E-state index in [0.717, 1.165) is 18.9 Å². The minimum absolute atomic E-state index is 0.0723. The monoisotopic (exact) mass is 258 g/mol. The van der Waals surface area contributed by atoms with Crippen molar-refractivity contribution in [3.8, 4) is 0 Å². The summed E-state index contributed by atoms with van der Waals surface area (Å²) >= 11 is 0. The predicted octanol–water partition coefficient (Wildman–Crippen LogP) is 2.09. The van der Waals surface area contributed by atoms with Crippen LogP contribution in [-0.4, -0.2) is 13.7 Å². The van der Waals surface area contributed by atoms with Crippen LogP contribution in [-0.2, 0) is 10.0 Å². The van der Waals surface area contributed by atoms with Gasteiger partial charge in [-0.1, -0.05) is 12.8 Å². The van der Waals surface area contributed by atoms with Crippen molar-refractivity contribution in [2.45, 2.75) is 30.9 Å². The molecule has 1 aliphatic carbocycles. The van der Waals surface area contributed by atoms with Crippen molar-refractivity contribution in [1.82, 2.24) is 0 Å². The van der Waals surface area contributed by atoms with Gasteiger partial charge in [-0.15, -0.1) is 0 Å². The molecule has 3 N–H and O–H groups in total. The lowest BCUT2D eigenvalue weighted by atomic mass is 10.3. The number of sulfonamides is 1. The summed E-state index contributed by atoms with van der Waals surface area (Å²) in [6.07, 6.45) is 3.09. The lowest BCUT2D eigenvalue weighted by Gasteiger charge is -2.14. The Morgan fingerprint density at radius 2 is 1.94 bits per heavy atom. The number of benzene rings is 1. The molecule has 17 heavy (non-hydrogen) atoms. The quantitative estimate of drug-likeness (QED) is 0.815. The van der Waals surface area contributed by atoms with E-state index in [-0.39, 0.29) is 5.69 Å². The second kappa shape index (κ2) is 4.52. The molecular formula is C11H15FN2O2S. The van der Waals surface area contributed by atoms with Gasteiger partial charge >= 0.3 is 0 Å². The Balaban J connectivity index is 2.22. The summed E-state index contributed by atoms with van der Waals surface area (Å²) in [7, 11) is -3.50. The molecule has 0 unspecified atom stereocenters. The largest absolute Gasteiger partial charge is 0.399 e. The van der Waals surface area contributed by atoms with Crippen LogP contribution in [0.2, 0.25) is 0 Å². The van der Waals surface area contributed by atoms with Crippen LogP contribution < -0.4 is 10.5 Å². The van der Waals surface area contributed by atoms with E-state index in [1.54, 1.807) is 0 Å². The third-order valence-electron chi connectivity index (χ3n) is 2.98. The highest BCUT2D eigenvalue weighted by atomic mass is 32.2. The van der Waals surface area contributed by atoms with Gasteiger partial charge < -0.3 is 5.73 Å². The first-order valence-corrected chi connectivity index (χ1v) is 7.10. The Labute approximate surface area is 100 Å². The molecule has 0 aromatic heterocycles. The van der Waals surface area contributed by atoms with Crippen LogP contribution in [0.15, 0.2) is 18.2 Å². The van der Waals surface area contributed by atoms with Gasteiger partial charge in [0.2, 0.25) is 10.0 Å². The van der Waals surface area contributed by atoms with Crippen molar-refractivity contribution >= 4 is 21.4 Å². The Bertz CT molecular complexity index is 510. The molecule has 0 bridgehead atoms. The zero-order valence-electron chi connectivity index (χ0n) is 9.32. The van der Waals surface area contributed by atoms with Gasteiger partial charge in [0.25, 0.3) is 0 Å². The van der Waals surface area contributed by atoms with E-state index in [4.69, 9.17) is 5.73 Å². The highest BCUT2D eigenvalue weighted by Crippen LogP contribution is 2.27. The Morgan fingerprint density at radius 1 is 1.29 bits per heavy atom. The number of nitrogens with one attached hydrogen (secondary N) is 1. The van der Waals surface area contributed by atoms with Crippen molar-refractivity contribution in [3.63, 3.8) is 0 Å². The molecule has 0 atom stereocenters. The summed E-state index contributed by atoms with van der Waals surface area (Å²) in [6.45, 7) is 0. The smallest absolute Gasteiger partial charge is 0.235 e. The molecule has 0 heterocycles. The Kier molecular flexibility index (Phi) is 3.24. The second-order valence-electron chi connectivity index (χ2n) is 4.29. The topological polar surface area (TPSA) is 72.2 Å². The first-order chi connectivity index (χ1) is 7.99. The zero-order chi connectivity index (χ0) is 12.5. The first-order valence-electron chi connectivity index (χ1n) is 5.56. The minimum atomic E-state index is -3.50. The van der Waals surface area contributed by atoms with Crippen molar-refractivity contribution in [2.75, 3.05) is 10.5 Å². The summed E-state index contributed by atoms with van der Waals surface area (Å²) in [5, 5.41) is -0.414. The van der Waals surface area contributed by atoms with E-state index < -0.39 is 21.1 Å². The number of rotatable bonds is 3. The summed E-state index contributed by atoms with van der Waals surface area (Å²) in [4.78, 5) is 0. The third kappa shape index (κ3) is 2.69. The molecule has 0 spiro atoms. The van der Waals surface area contributed by atoms with Crippen molar-refractivity contribution in [1.29, 1.82) is 0 Å². The average Bonchev–Trinajstić information content (AvgIpc) is 2.77. The van der Waals surface area contributed by atoms with Gasteiger partial charge in [-0.2, -0.15) is 0 Å². The fraction of sp³-hybridized carbons (Fsp3) is 0.455. The van der Waals surface area contributed by atoms with Gasteiger partial charge in [0.1, 0.15) is 5.82 Å². The lowest BCUT2D eigenvalue weighted by molar-refractivity contribution is 0.583. The molecule has 94 valence electrons. The number of nitrogen functional groups attached to an aromatic ring is 1. The summed E-state index contributed by atoms with van der Waals surface area (Å²) in [5.41, 5.74) is 5.76. The number of halogens is 1. The Morgan fingerprint density at radius 3 is 2.59 bits per heavy atom. The standard InChI is InChI=1S/C11H15FN2O2S/c12-10-6-5-8(13)7-11(10)14-17(15,16)9-3-1-2-4-9/h5-7,9,14H,1-4,13H2. The number of hydrogen-bond donors (Lipinski definition) is 2. The maximum atomic E-state index is 13.4. The van der Waals surface area contributed by atoms with Crippen LogP contribution in [0.25, 0.3) is 0 Å². The molecule has 0 aliphatic heterocycles. The lowest BCUT2D eigenvalue weighted by Crippen LogP contribution is -2.25. The molecule has 1 saturated carbocycles. The SMILES string of the molecule is Nc1ccc(F)c(NS(=O)(=O)C2CCCC2)c1. The van der Waals surface area contributed by atoms with Gasteiger partial charge in [-0.25, -0.2) is 12.8 Å². The normalized spacial score (nSPS) is 17.2. The van der Waals surface area contributed by atoms with E-state index in [9.17, 15) is 12.8 Å². The molecule has 4 nitrogen and oxygen atoms in total. The highest BCUT2D eigenvalue weighted by molar-refractivity contribution is 7.93. The first kappa shape index (κ1) is 12.2. The van der Waals surface area contributed by atoms with Gasteiger partial charge in [0.05, 0.1) is 10.9 Å². The molecule has 0 amide bonds. The molecular weight excluding hydrogens is 243 g/mol. The Hall–Kier alpha value is -1.30. The van der Waals surface area contributed by atoms with Crippen LogP contribution in [0.5, 0.6) is 0 Å². The van der Waals surface area contributed by atoms with Gasteiger partial charge in [0, 0.05) is 5.69 Å². The third-order valence-corrected chi connectivity index (χ3v) is 4.84. The molecule has 0 radical (unpaired) electrons. The molecule has 1 aromatic rings. The highest BCUT2D eigenvalue weighted by Gasteiger charge is 2.29. The van der Waals surface area contributed by atoms with E-state index in [1.807, 2.05) is 0 Å². The van der Waals surface area contributed by atoms with Crippen LogP contribution in [0.1, 0.15) is 25.7 Å². The van der Waals surface area contributed by atoms with E-state index in [2.05, 4.69) is 4.72 Å². The molecule has 1 aromatic carbocycles. The average molecular weight is 258 g/mol. The summed E-state index contributed by atoms with van der Waals surface area (Å²) in [6, 6.07) is 3.84. The van der Waals surface area contributed by atoms with Gasteiger partial charge in [0.15, 0.2) is 0 Å². The van der Waals surface area contributed by atoms with Crippen molar-refractivity contribution < 1.29 is 12.8 Å². The van der Waals surface area contributed by atoms with Gasteiger partial charge in [-0.05, 0) is 31.0 Å². The second-order valence-corrected chi connectivity index (χ2v) is 6.25. The van der Waals surface area contributed by atoms with E-state index in [0.29, 0.717) is 18.5 Å². The fourth-order valence-corrected chi connectivity index (χ4v) is 3.64. The molecule has 0 saturated heterocycles. The van der Waals surface area contributed by atoms with Crippen LogP contribution >= 0.6 is 0 Å². The van der Waals surface area contributed by atoms with Crippen LogP contribution in [0.3, 0.4) is 0 Å². The molecule has 1 aliphatic rings. The fourth-order valence-electron chi connectivity index (χ4n) is 2.06. The minimum Gasteiger partial charge on any atom is -0.399 e. The molecule has 1 fully saturated rings. The van der Waals surface area contributed by atoms with E-state index >= 15 is 0 Å². The summed E-state index contributed by atoms with van der Waals surface area (Å²) in [5.74, 6) is -0.610. The molecule has 6 heteroatoms. The maximum Gasteiger partial charge on any atom is 0.235 e. The van der Waals surface area contributed by atoms with Crippen LogP contribution in [0.4, 0.5) is 15.8 Å². The van der Waals surface area contributed by atoms with Crippen LogP contribution in [0, 0.1) is 5.82 Å². The number of hydrogen-bond acceptors (Lipinski definition) is 3.